The SMILES string of the molecule is COC(=O)Cn1c(=O)/c(=C2\Sc3ccc(F)cc3N2C)s/c1=C\c1ccccn1. The highest BCUT2D eigenvalue weighted by Gasteiger charge is 2.25. The zero-order chi connectivity index (χ0) is 20.5. The Morgan fingerprint density at radius 3 is 2.86 bits per heavy atom. The predicted molar refractivity (Wildman–Crippen MR) is 112 cm³/mol. The van der Waals surface area contributed by atoms with Gasteiger partial charge in [-0.3, -0.25) is 19.1 Å². The Morgan fingerprint density at radius 1 is 1.31 bits per heavy atom. The van der Waals surface area contributed by atoms with Gasteiger partial charge in [0.15, 0.2) is 0 Å². The molecule has 2 aromatic heterocycles. The molecule has 0 N–H and O–H groups in total. The molecule has 6 nitrogen and oxygen atoms in total. The fourth-order valence-corrected chi connectivity index (χ4v) is 5.30. The van der Waals surface area contributed by atoms with Crippen LogP contribution in [0.25, 0.3) is 11.1 Å². The van der Waals surface area contributed by atoms with Crippen molar-refractivity contribution >= 4 is 45.9 Å². The van der Waals surface area contributed by atoms with Gasteiger partial charge in [-0.25, -0.2) is 4.39 Å². The maximum Gasteiger partial charge on any atom is 0.325 e. The summed E-state index contributed by atoms with van der Waals surface area (Å²) in [5, 5.41) is 0.694. The Hall–Kier alpha value is -2.91. The van der Waals surface area contributed by atoms with Crippen LogP contribution in [-0.4, -0.2) is 29.7 Å². The highest BCUT2D eigenvalue weighted by atomic mass is 32.2. The van der Waals surface area contributed by atoms with Crippen molar-refractivity contribution in [2.75, 3.05) is 19.1 Å². The summed E-state index contributed by atoms with van der Waals surface area (Å²) in [4.78, 5) is 32.0. The number of anilines is 1. The van der Waals surface area contributed by atoms with E-state index in [4.69, 9.17) is 4.74 Å². The first kappa shape index (κ1) is 19.4. The van der Waals surface area contributed by atoms with Gasteiger partial charge in [0.2, 0.25) is 0 Å². The lowest BCUT2D eigenvalue weighted by atomic mass is 10.3. The van der Waals surface area contributed by atoms with Crippen LogP contribution in [0.15, 0.2) is 52.3 Å². The van der Waals surface area contributed by atoms with Gasteiger partial charge < -0.3 is 9.64 Å². The van der Waals surface area contributed by atoms with E-state index in [1.807, 2.05) is 12.1 Å². The summed E-state index contributed by atoms with van der Waals surface area (Å²) in [6, 6.07) is 9.99. The molecule has 4 rings (SSSR count). The standard InChI is InChI=1S/C20H16FN3O3S2/c1-23-14-9-12(21)6-7-15(14)28-20(23)18-19(26)24(11-17(25)27-2)16(29-18)10-13-5-3-4-8-22-13/h3-10H,11H2,1-2H3/b16-10-,20-18+. The summed E-state index contributed by atoms with van der Waals surface area (Å²) >= 11 is 2.66. The molecular weight excluding hydrogens is 413 g/mol. The van der Waals surface area contributed by atoms with Crippen LogP contribution >= 0.6 is 23.1 Å². The topological polar surface area (TPSA) is 64.4 Å². The molecule has 29 heavy (non-hydrogen) atoms. The molecule has 3 heterocycles. The third-order valence-corrected chi connectivity index (χ3v) is 6.86. The molecule has 1 aromatic carbocycles. The quantitative estimate of drug-likeness (QED) is 0.591. The minimum atomic E-state index is -0.519. The van der Waals surface area contributed by atoms with Gasteiger partial charge in [-0.2, -0.15) is 0 Å². The third kappa shape index (κ3) is 3.70. The predicted octanol–water partition coefficient (Wildman–Crippen LogP) is 1.75. The average molecular weight is 429 g/mol. The number of fused-ring (bicyclic) bond motifs is 1. The molecule has 1 aliphatic rings. The molecule has 0 saturated carbocycles. The molecule has 0 unspecified atom stereocenters. The first-order chi connectivity index (χ1) is 14.0. The van der Waals surface area contributed by atoms with Gasteiger partial charge in [-0.15, -0.1) is 11.3 Å². The van der Waals surface area contributed by atoms with E-state index in [2.05, 4.69) is 4.98 Å². The van der Waals surface area contributed by atoms with Crippen LogP contribution in [0.2, 0.25) is 0 Å². The zero-order valence-corrected chi connectivity index (χ0v) is 17.2. The lowest BCUT2D eigenvalue weighted by molar-refractivity contribution is -0.141. The first-order valence-corrected chi connectivity index (χ1v) is 10.3. The van der Waals surface area contributed by atoms with Crippen molar-refractivity contribution < 1.29 is 13.9 Å². The molecule has 0 fully saturated rings. The van der Waals surface area contributed by atoms with E-state index < -0.39 is 5.97 Å². The van der Waals surface area contributed by atoms with Crippen molar-refractivity contribution in [3.8, 4) is 0 Å². The molecule has 9 heteroatoms. The maximum absolute atomic E-state index is 13.7. The monoisotopic (exact) mass is 429 g/mol. The van der Waals surface area contributed by atoms with Gasteiger partial charge in [0.25, 0.3) is 5.56 Å². The molecular formula is C20H16FN3O3S2. The van der Waals surface area contributed by atoms with Gasteiger partial charge in [0, 0.05) is 18.1 Å². The summed E-state index contributed by atoms with van der Waals surface area (Å²) in [6.45, 7) is -0.201. The number of carbonyl (C=O) groups is 1. The number of pyridine rings is 1. The number of esters is 1. The van der Waals surface area contributed by atoms with Crippen molar-refractivity contribution in [3.05, 3.63) is 73.7 Å². The molecule has 0 saturated heterocycles. The highest BCUT2D eigenvalue weighted by molar-refractivity contribution is 8.08. The largest absolute Gasteiger partial charge is 0.468 e. The van der Waals surface area contributed by atoms with Gasteiger partial charge in [-0.1, -0.05) is 17.8 Å². The second kappa shape index (κ2) is 7.84. The van der Waals surface area contributed by atoms with Crippen LogP contribution in [0, 0.1) is 5.82 Å². The van der Waals surface area contributed by atoms with Crippen LogP contribution in [0.5, 0.6) is 0 Å². The first-order valence-electron chi connectivity index (χ1n) is 8.62. The third-order valence-electron chi connectivity index (χ3n) is 4.37. The van der Waals surface area contributed by atoms with E-state index in [-0.39, 0.29) is 17.9 Å². The number of rotatable bonds is 3. The number of nitrogens with zero attached hydrogens (tertiary/aromatic N) is 3. The number of thiazole rings is 1. The zero-order valence-electron chi connectivity index (χ0n) is 15.6. The second-order valence-corrected chi connectivity index (χ2v) is 8.28. The van der Waals surface area contributed by atoms with Crippen molar-refractivity contribution in [2.45, 2.75) is 11.4 Å². The van der Waals surface area contributed by atoms with Crippen molar-refractivity contribution in [2.24, 2.45) is 0 Å². The molecule has 148 valence electrons. The Labute approximate surface area is 173 Å². The second-order valence-electron chi connectivity index (χ2n) is 6.21. The minimum absolute atomic E-state index is 0.201. The summed E-state index contributed by atoms with van der Waals surface area (Å²) in [5.74, 6) is -0.856. The number of halogens is 1. The fraction of sp³-hybridized carbons (Fsp3) is 0.150. The van der Waals surface area contributed by atoms with Crippen LogP contribution in [0.3, 0.4) is 0 Å². The number of carbonyl (C=O) groups excluding carboxylic acids is 1. The van der Waals surface area contributed by atoms with Crippen molar-refractivity contribution in [1.29, 1.82) is 0 Å². The summed E-state index contributed by atoms with van der Waals surface area (Å²) in [7, 11) is 3.07. The Balaban J connectivity index is 1.93. The molecule has 1 aliphatic heterocycles. The molecule has 0 atom stereocenters. The van der Waals surface area contributed by atoms with E-state index in [1.165, 1.54) is 46.9 Å². The number of thioether (sulfide) groups is 1. The van der Waals surface area contributed by atoms with Gasteiger partial charge in [0.05, 0.1) is 18.5 Å². The summed E-state index contributed by atoms with van der Waals surface area (Å²) in [6.07, 6.45) is 3.41. The Bertz CT molecular complexity index is 1270. The average Bonchev–Trinajstić information content (AvgIpc) is 3.20. The smallest absolute Gasteiger partial charge is 0.325 e. The fourth-order valence-electron chi connectivity index (χ4n) is 2.92. The lowest BCUT2D eigenvalue weighted by Gasteiger charge is -2.12. The number of methoxy groups -OCH3 is 1. The number of benzene rings is 1. The van der Waals surface area contributed by atoms with E-state index in [1.54, 1.807) is 36.4 Å². The molecule has 0 spiro atoms. The normalized spacial score (nSPS) is 15.6. The van der Waals surface area contributed by atoms with E-state index in [0.29, 0.717) is 25.6 Å². The molecule has 0 amide bonds. The number of hydrogen-bond acceptors (Lipinski definition) is 7. The van der Waals surface area contributed by atoms with E-state index in [9.17, 15) is 14.0 Å². The molecule has 0 aliphatic carbocycles. The summed E-state index contributed by atoms with van der Waals surface area (Å²) in [5.41, 5.74) is 1.07. The van der Waals surface area contributed by atoms with Crippen LogP contribution in [-0.2, 0) is 16.1 Å². The van der Waals surface area contributed by atoms with Gasteiger partial charge in [0.1, 0.15) is 26.6 Å². The Kier molecular flexibility index (Phi) is 5.25. The lowest BCUT2D eigenvalue weighted by Crippen LogP contribution is -2.36. The minimum Gasteiger partial charge on any atom is -0.468 e. The van der Waals surface area contributed by atoms with E-state index >= 15 is 0 Å². The number of aromatic nitrogens is 2. The highest BCUT2D eigenvalue weighted by Crippen LogP contribution is 2.45. The van der Waals surface area contributed by atoms with Crippen LogP contribution in [0.1, 0.15) is 5.69 Å². The van der Waals surface area contributed by atoms with Crippen LogP contribution < -0.4 is 19.7 Å². The summed E-state index contributed by atoms with van der Waals surface area (Å²) < 4.78 is 20.8. The van der Waals surface area contributed by atoms with Gasteiger partial charge in [-0.05, 0) is 36.4 Å². The van der Waals surface area contributed by atoms with Crippen molar-refractivity contribution in [3.63, 3.8) is 0 Å². The number of ether oxygens (including phenoxy) is 1. The van der Waals surface area contributed by atoms with Crippen LogP contribution in [0.4, 0.5) is 10.1 Å². The van der Waals surface area contributed by atoms with Gasteiger partial charge >= 0.3 is 5.97 Å². The molecule has 0 radical (unpaired) electrons. The molecule has 0 bridgehead atoms. The Morgan fingerprint density at radius 2 is 2.14 bits per heavy atom. The number of hydrogen-bond donors (Lipinski definition) is 0. The van der Waals surface area contributed by atoms with Crippen molar-refractivity contribution in [1.82, 2.24) is 9.55 Å². The molecule has 3 aromatic rings. The van der Waals surface area contributed by atoms with E-state index in [0.717, 1.165) is 4.90 Å². The maximum atomic E-state index is 13.7.